The van der Waals surface area contributed by atoms with Crippen LogP contribution in [0.4, 0.5) is 26.4 Å². The number of hydrogen-bond acceptors (Lipinski definition) is 7. The molecule has 0 unspecified atom stereocenters. The minimum absolute atomic E-state index is 0.0540. The number of aromatic nitrogens is 4. The number of halogens is 3. The van der Waals surface area contributed by atoms with Crippen LogP contribution in [-0.4, -0.2) is 42.7 Å². The molecule has 1 amide bonds. The first kappa shape index (κ1) is 24.6. The fourth-order valence-electron chi connectivity index (χ4n) is 5.26. The Bertz CT molecular complexity index is 1260. The summed E-state index contributed by atoms with van der Waals surface area (Å²) in [6, 6.07) is 1.74. The minimum atomic E-state index is -0.847. The van der Waals surface area contributed by atoms with Crippen LogP contribution in [0.25, 0.3) is 11.2 Å². The molecule has 2 fully saturated rings. The first-order chi connectivity index (χ1) is 17.3. The van der Waals surface area contributed by atoms with Gasteiger partial charge in [0.15, 0.2) is 11.5 Å². The fraction of sp³-hybridized carbons (Fsp3) is 0.500. The smallest absolute Gasteiger partial charge is 0.224 e. The highest BCUT2D eigenvalue weighted by molar-refractivity contribution is 6.33. The summed E-state index contributed by atoms with van der Waals surface area (Å²) >= 11 is 6.13. The van der Waals surface area contributed by atoms with Crippen molar-refractivity contribution in [2.24, 2.45) is 11.7 Å². The standard InChI is InChI=1S/C24H28ClF2N7O2/c25-17-8-13(26)9-18(27)20(17)32-24-31-19-11-29-23(30-14-2-1-3-16(35)10-14)33-22(19)34(24)15-6-4-12(5-7-15)21(28)36/h8-9,11-12,14-16,35H,1-7,10H2,(H2,28,36)(H,31,32)(H,29,30,33)/t12-,14-,15+,16+/m0/s1. The molecular weight excluding hydrogens is 492 g/mol. The number of fused-ring (bicyclic) bond motifs is 1. The predicted octanol–water partition coefficient (Wildman–Crippen LogP) is 4.43. The Balaban J connectivity index is 1.51. The van der Waals surface area contributed by atoms with Crippen LogP contribution in [0.3, 0.4) is 0 Å². The Morgan fingerprint density at radius 3 is 2.61 bits per heavy atom. The van der Waals surface area contributed by atoms with E-state index in [1.165, 1.54) is 0 Å². The topological polar surface area (TPSA) is 131 Å². The average molecular weight is 520 g/mol. The largest absolute Gasteiger partial charge is 0.393 e. The van der Waals surface area contributed by atoms with Crippen molar-refractivity contribution in [2.75, 3.05) is 10.6 Å². The number of anilines is 3. The highest BCUT2D eigenvalue weighted by Crippen LogP contribution is 2.38. The minimum Gasteiger partial charge on any atom is -0.393 e. The lowest BCUT2D eigenvalue weighted by Crippen LogP contribution is -2.30. The van der Waals surface area contributed by atoms with Crippen LogP contribution in [0.5, 0.6) is 0 Å². The van der Waals surface area contributed by atoms with Crippen LogP contribution in [0.2, 0.25) is 5.02 Å². The molecule has 5 rings (SSSR count). The molecule has 0 radical (unpaired) electrons. The zero-order chi connectivity index (χ0) is 25.4. The SMILES string of the molecule is NC(=O)[C@H]1CC[C@@H](n2c(Nc3c(F)cc(F)cc3Cl)nc3cnc(N[C@H]4CCC[C@@H](O)C4)nc32)CC1. The summed E-state index contributed by atoms with van der Waals surface area (Å²) in [7, 11) is 0. The van der Waals surface area contributed by atoms with Gasteiger partial charge in [0, 0.05) is 24.1 Å². The molecule has 0 aliphatic heterocycles. The number of imidazole rings is 1. The average Bonchev–Trinajstić information content (AvgIpc) is 3.18. The van der Waals surface area contributed by atoms with Crippen molar-refractivity contribution in [3.8, 4) is 0 Å². The number of aliphatic hydroxyl groups is 1. The third-order valence-electron chi connectivity index (χ3n) is 7.12. The van der Waals surface area contributed by atoms with Crippen molar-refractivity contribution in [2.45, 2.75) is 69.6 Å². The molecule has 0 saturated heterocycles. The molecule has 192 valence electrons. The number of aliphatic hydroxyl groups excluding tert-OH is 1. The maximum absolute atomic E-state index is 14.6. The third-order valence-corrected chi connectivity index (χ3v) is 7.42. The van der Waals surface area contributed by atoms with E-state index in [1.807, 2.05) is 4.57 Å². The molecule has 1 aromatic carbocycles. The molecular formula is C24H28ClF2N7O2. The number of nitrogens with zero attached hydrogens (tertiary/aromatic N) is 4. The lowest BCUT2D eigenvalue weighted by molar-refractivity contribution is -0.122. The van der Waals surface area contributed by atoms with Crippen molar-refractivity contribution in [1.82, 2.24) is 19.5 Å². The van der Waals surface area contributed by atoms with Gasteiger partial charge in [-0.2, -0.15) is 4.98 Å². The van der Waals surface area contributed by atoms with Gasteiger partial charge in [-0.25, -0.2) is 18.7 Å². The number of nitrogens with one attached hydrogen (secondary N) is 2. The van der Waals surface area contributed by atoms with E-state index in [9.17, 15) is 18.7 Å². The second-order valence-corrected chi connectivity index (χ2v) is 10.1. The van der Waals surface area contributed by atoms with E-state index in [0.29, 0.717) is 55.2 Å². The van der Waals surface area contributed by atoms with E-state index < -0.39 is 11.6 Å². The molecule has 2 heterocycles. The van der Waals surface area contributed by atoms with Gasteiger partial charge < -0.3 is 21.5 Å². The first-order valence-corrected chi connectivity index (χ1v) is 12.6. The lowest BCUT2D eigenvalue weighted by atomic mass is 9.85. The second-order valence-electron chi connectivity index (χ2n) is 9.65. The van der Waals surface area contributed by atoms with E-state index in [1.54, 1.807) is 6.20 Å². The summed E-state index contributed by atoms with van der Waals surface area (Å²) in [5, 5.41) is 16.1. The molecule has 2 aliphatic carbocycles. The van der Waals surface area contributed by atoms with Crippen LogP contribution in [0.1, 0.15) is 57.4 Å². The number of amides is 1. The highest BCUT2D eigenvalue weighted by Gasteiger charge is 2.30. The number of hydrogen-bond donors (Lipinski definition) is 4. The summed E-state index contributed by atoms with van der Waals surface area (Å²) < 4.78 is 30.1. The number of primary amides is 1. The fourth-order valence-corrected chi connectivity index (χ4v) is 5.51. The van der Waals surface area contributed by atoms with Crippen molar-refractivity contribution in [1.29, 1.82) is 0 Å². The zero-order valence-electron chi connectivity index (χ0n) is 19.6. The normalized spacial score (nSPS) is 24.6. The Morgan fingerprint density at radius 2 is 1.92 bits per heavy atom. The van der Waals surface area contributed by atoms with Crippen molar-refractivity contribution in [3.05, 3.63) is 35.0 Å². The predicted molar refractivity (Wildman–Crippen MR) is 132 cm³/mol. The van der Waals surface area contributed by atoms with E-state index >= 15 is 0 Å². The second kappa shape index (κ2) is 10.1. The number of carbonyl (C=O) groups excluding carboxylic acids is 1. The Morgan fingerprint density at radius 1 is 1.14 bits per heavy atom. The molecule has 0 bridgehead atoms. The van der Waals surface area contributed by atoms with Crippen LogP contribution < -0.4 is 16.4 Å². The van der Waals surface area contributed by atoms with Crippen LogP contribution in [-0.2, 0) is 4.79 Å². The van der Waals surface area contributed by atoms with E-state index in [0.717, 1.165) is 31.4 Å². The molecule has 9 nitrogen and oxygen atoms in total. The van der Waals surface area contributed by atoms with Gasteiger partial charge in [-0.05, 0) is 57.4 Å². The van der Waals surface area contributed by atoms with E-state index in [2.05, 4.69) is 20.6 Å². The Kier molecular flexibility index (Phi) is 6.94. The van der Waals surface area contributed by atoms with Gasteiger partial charge >= 0.3 is 0 Å². The highest BCUT2D eigenvalue weighted by atomic mass is 35.5. The van der Waals surface area contributed by atoms with Gasteiger partial charge in [0.1, 0.15) is 11.3 Å². The van der Waals surface area contributed by atoms with Gasteiger partial charge in [-0.15, -0.1) is 0 Å². The van der Waals surface area contributed by atoms with E-state index in [-0.39, 0.29) is 40.7 Å². The molecule has 2 aromatic heterocycles. The molecule has 0 spiro atoms. The summed E-state index contributed by atoms with van der Waals surface area (Å²) in [5.41, 5.74) is 6.44. The van der Waals surface area contributed by atoms with Gasteiger partial charge in [0.2, 0.25) is 17.8 Å². The number of rotatable bonds is 6. The summed E-state index contributed by atoms with van der Waals surface area (Å²) in [4.78, 5) is 25.4. The Labute approximate surface area is 211 Å². The maximum Gasteiger partial charge on any atom is 0.224 e. The van der Waals surface area contributed by atoms with Crippen LogP contribution >= 0.6 is 11.6 Å². The van der Waals surface area contributed by atoms with Crippen molar-refractivity contribution in [3.63, 3.8) is 0 Å². The maximum atomic E-state index is 14.6. The monoisotopic (exact) mass is 519 g/mol. The van der Waals surface area contributed by atoms with Gasteiger partial charge in [-0.1, -0.05) is 11.6 Å². The zero-order valence-corrected chi connectivity index (χ0v) is 20.3. The van der Waals surface area contributed by atoms with Gasteiger partial charge in [0.25, 0.3) is 0 Å². The number of nitrogens with two attached hydrogens (primary N) is 1. The molecule has 2 atom stereocenters. The molecule has 12 heteroatoms. The molecule has 2 saturated carbocycles. The number of benzene rings is 1. The van der Waals surface area contributed by atoms with Gasteiger partial charge in [0.05, 0.1) is 23.0 Å². The number of carbonyl (C=O) groups is 1. The summed E-state index contributed by atoms with van der Waals surface area (Å²) in [5.74, 6) is -1.44. The lowest BCUT2D eigenvalue weighted by Gasteiger charge is -2.29. The quantitative estimate of drug-likeness (QED) is 0.379. The molecule has 3 aromatic rings. The third kappa shape index (κ3) is 5.08. The van der Waals surface area contributed by atoms with Crippen LogP contribution in [0.15, 0.2) is 18.3 Å². The van der Waals surface area contributed by atoms with Crippen LogP contribution in [0, 0.1) is 17.6 Å². The van der Waals surface area contributed by atoms with Crippen molar-refractivity contribution >= 4 is 46.3 Å². The molecule has 2 aliphatic rings. The summed E-state index contributed by atoms with van der Waals surface area (Å²) in [6.45, 7) is 0. The molecule has 36 heavy (non-hydrogen) atoms. The van der Waals surface area contributed by atoms with E-state index in [4.69, 9.17) is 22.3 Å². The summed E-state index contributed by atoms with van der Waals surface area (Å²) in [6.07, 6.45) is 6.99. The first-order valence-electron chi connectivity index (χ1n) is 12.2. The Hall–Kier alpha value is -3.05. The van der Waals surface area contributed by atoms with Gasteiger partial charge in [-0.3, -0.25) is 9.36 Å². The van der Waals surface area contributed by atoms with Crippen molar-refractivity contribution < 1.29 is 18.7 Å². The molecule has 5 N–H and O–H groups in total.